The van der Waals surface area contributed by atoms with E-state index in [2.05, 4.69) is 51.0 Å². The van der Waals surface area contributed by atoms with Crippen molar-refractivity contribution in [2.24, 2.45) is 0 Å². The molecule has 0 unspecified atom stereocenters. The minimum Gasteiger partial charge on any atom is -0.351 e. The maximum absolute atomic E-state index is 11.7. The number of hydrogen-bond donors (Lipinski definition) is 0. The van der Waals surface area contributed by atoms with Crippen LogP contribution in [0.4, 0.5) is 11.8 Å². The maximum Gasteiger partial charge on any atom is 0.225 e. The minimum atomic E-state index is 0.0000544. The molecule has 5 rings (SSSR count). The third kappa shape index (κ3) is 4.19. The number of carbonyl (C=O) groups excluding carboxylic acids is 1. The van der Waals surface area contributed by atoms with Crippen molar-refractivity contribution in [1.82, 2.24) is 20.2 Å². The summed E-state index contributed by atoms with van der Waals surface area (Å²) in [5.74, 6) is 1.74. The van der Waals surface area contributed by atoms with Crippen molar-refractivity contribution in [1.29, 1.82) is 0 Å². The summed E-state index contributed by atoms with van der Waals surface area (Å²) in [4.78, 5) is 25.4. The average molecular weight is 443 g/mol. The molecule has 0 N–H and O–H groups in total. The molecule has 1 aliphatic heterocycles. The zero-order valence-corrected chi connectivity index (χ0v) is 19.6. The summed E-state index contributed by atoms with van der Waals surface area (Å²) in [6.45, 7) is 8.12. The van der Waals surface area contributed by atoms with Gasteiger partial charge in [0, 0.05) is 43.9 Å². The Morgan fingerprint density at radius 2 is 1.88 bits per heavy atom. The molecular formula is C26H30N6O. The molecule has 0 saturated carbocycles. The monoisotopic (exact) mass is 442 g/mol. The number of ketones is 1. The zero-order valence-electron chi connectivity index (χ0n) is 19.6. The lowest BCUT2D eigenvalue weighted by atomic mass is 10.0. The van der Waals surface area contributed by atoms with Gasteiger partial charge in [0.15, 0.2) is 11.6 Å². The third-order valence-electron chi connectivity index (χ3n) is 6.85. The number of aromatic nitrogens is 4. The number of anilines is 2. The van der Waals surface area contributed by atoms with Crippen LogP contribution in [0.25, 0.3) is 0 Å². The van der Waals surface area contributed by atoms with Gasteiger partial charge in [0.25, 0.3) is 0 Å². The molecule has 0 spiro atoms. The molecule has 0 radical (unpaired) electrons. The molecule has 7 nitrogen and oxygen atoms in total. The summed E-state index contributed by atoms with van der Waals surface area (Å²) >= 11 is 0. The Morgan fingerprint density at radius 3 is 2.61 bits per heavy atom. The van der Waals surface area contributed by atoms with Crippen molar-refractivity contribution >= 4 is 17.5 Å². The number of carbonyl (C=O) groups is 1. The molecule has 3 heterocycles. The van der Waals surface area contributed by atoms with Crippen LogP contribution in [-0.2, 0) is 19.3 Å². The molecule has 1 fully saturated rings. The average Bonchev–Trinajstić information content (AvgIpc) is 3.30. The predicted octanol–water partition coefficient (Wildman–Crippen LogP) is 3.57. The highest BCUT2D eigenvalue weighted by Crippen LogP contribution is 2.33. The fourth-order valence-electron chi connectivity index (χ4n) is 5.11. The maximum atomic E-state index is 11.7. The smallest absolute Gasteiger partial charge is 0.225 e. The molecule has 0 bridgehead atoms. The standard InChI is InChI=1S/C26H30N6O/c1-17-16-31(12-13-32(17)26-27-15-23(19(3)33)18(2)28-26)25-22-11-7-10-21(22)24(29-30-25)14-20-8-5-4-6-9-20/h4-6,8-9,15,17H,7,10-14,16H2,1-3H3/t17-/m1/s1. The van der Waals surface area contributed by atoms with Gasteiger partial charge in [-0.05, 0) is 51.2 Å². The first-order valence-corrected chi connectivity index (χ1v) is 11.8. The fraction of sp³-hybridized carbons (Fsp3) is 0.423. The van der Waals surface area contributed by atoms with Crippen molar-refractivity contribution in [3.8, 4) is 0 Å². The van der Waals surface area contributed by atoms with Crippen molar-refractivity contribution in [2.45, 2.75) is 52.5 Å². The minimum absolute atomic E-state index is 0.0000544. The lowest BCUT2D eigenvalue weighted by molar-refractivity contribution is 0.101. The Balaban J connectivity index is 1.35. The normalized spacial score (nSPS) is 17.8. The van der Waals surface area contributed by atoms with Gasteiger partial charge in [-0.1, -0.05) is 30.3 Å². The first kappa shape index (κ1) is 21.5. The largest absolute Gasteiger partial charge is 0.351 e. The highest BCUT2D eigenvalue weighted by molar-refractivity contribution is 5.94. The van der Waals surface area contributed by atoms with Gasteiger partial charge >= 0.3 is 0 Å². The molecule has 33 heavy (non-hydrogen) atoms. The van der Waals surface area contributed by atoms with Crippen LogP contribution >= 0.6 is 0 Å². The van der Waals surface area contributed by atoms with Gasteiger partial charge in [-0.25, -0.2) is 9.97 Å². The van der Waals surface area contributed by atoms with E-state index in [1.807, 2.05) is 13.0 Å². The molecule has 1 aliphatic carbocycles. The third-order valence-corrected chi connectivity index (χ3v) is 6.85. The summed E-state index contributed by atoms with van der Waals surface area (Å²) < 4.78 is 0. The van der Waals surface area contributed by atoms with Crippen LogP contribution in [0.15, 0.2) is 36.5 Å². The van der Waals surface area contributed by atoms with Gasteiger partial charge in [-0.3, -0.25) is 4.79 Å². The van der Waals surface area contributed by atoms with E-state index in [1.165, 1.54) is 23.1 Å². The van der Waals surface area contributed by atoms with Crippen LogP contribution in [0.1, 0.15) is 58.7 Å². The molecule has 3 aromatic rings. The highest BCUT2D eigenvalue weighted by Gasteiger charge is 2.30. The Morgan fingerprint density at radius 1 is 1.09 bits per heavy atom. The fourth-order valence-corrected chi connectivity index (χ4v) is 5.11. The number of benzene rings is 1. The summed E-state index contributed by atoms with van der Waals surface area (Å²) in [5, 5.41) is 9.44. The van der Waals surface area contributed by atoms with Gasteiger partial charge in [0.05, 0.1) is 17.0 Å². The number of aryl methyl sites for hydroxylation is 1. The van der Waals surface area contributed by atoms with E-state index in [9.17, 15) is 4.79 Å². The quantitative estimate of drug-likeness (QED) is 0.559. The molecular weight excluding hydrogens is 412 g/mol. The first-order chi connectivity index (χ1) is 16.0. The van der Waals surface area contributed by atoms with Crippen LogP contribution < -0.4 is 9.80 Å². The van der Waals surface area contributed by atoms with Crippen molar-refractivity contribution in [3.63, 3.8) is 0 Å². The number of Topliss-reactive ketones (excluding diaryl/α,β-unsaturated/α-hetero) is 1. The summed E-state index contributed by atoms with van der Waals surface area (Å²) in [6, 6.07) is 10.8. The lowest BCUT2D eigenvalue weighted by Gasteiger charge is -2.41. The Bertz CT molecular complexity index is 1180. The number of piperazine rings is 1. The number of nitrogens with zero attached hydrogens (tertiary/aromatic N) is 6. The van der Waals surface area contributed by atoms with Crippen LogP contribution in [0.2, 0.25) is 0 Å². The molecule has 170 valence electrons. The van der Waals surface area contributed by atoms with Gasteiger partial charge in [0.2, 0.25) is 5.95 Å². The van der Waals surface area contributed by atoms with E-state index in [0.717, 1.165) is 56.1 Å². The molecule has 0 amide bonds. The van der Waals surface area contributed by atoms with Gasteiger partial charge in [0.1, 0.15) is 0 Å². The Labute approximate surface area is 194 Å². The molecule has 2 aliphatic rings. The number of hydrogen-bond acceptors (Lipinski definition) is 7. The van der Waals surface area contributed by atoms with Crippen molar-refractivity contribution < 1.29 is 4.79 Å². The molecule has 1 aromatic carbocycles. The van der Waals surface area contributed by atoms with Crippen LogP contribution in [-0.4, -0.2) is 51.6 Å². The van der Waals surface area contributed by atoms with E-state index in [0.29, 0.717) is 11.5 Å². The van der Waals surface area contributed by atoms with E-state index in [4.69, 9.17) is 10.2 Å². The number of fused-ring (bicyclic) bond motifs is 1. The van der Waals surface area contributed by atoms with E-state index >= 15 is 0 Å². The molecule has 2 aromatic heterocycles. The second-order valence-electron chi connectivity index (χ2n) is 9.16. The van der Waals surface area contributed by atoms with Gasteiger partial charge in [-0.15, -0.1) is 5.10 Å². The second kappa shape index (κ2) is 8.89. The second-order valence-corrected chi connectivity index (χ2v) is 9.16. The van der Waals surface area contributed by atoms with Crippen LogP contribution in [0, 0.1) is 6.92 Å². The van der Waals surface area contributed by atoms with Crippen molar-refractivity contribution in [2.75, 3.05) is 29.4 Å². The topological polar surface area (TPSA) is 75.1 Å². The van der Waals surface area contributed by atoms with E-state index in [1.54, 1.807) is 13.1 Å². The van der Waals surface area contributed by atoms with Gasteiger partial charge < -0.3 is 9.80 Å². The summed E-state index contributed by atoms with van der Waals surface area (Å²) in [6.07, 6.45) is 5.83. The highest BCUT2D eigenvalue weighted by atomic mass is 16.1. The van der Waals surface area contributed by atoms with E-state index < -0.39 is 0 Å². The predicted molar refractivity (Wildman–Crippen MR) is 129 cm³/mol. The van der Waals surface area contributed by atoms with Crippen LogP contribution in [0.3, 0.4) is 0 Å². The Hall–Kier alpha value is -3.35. The molecule has 7 heteroatoms. The molecule has 1 saturated heterocycles. The van der Waals surface area contributed by atoms with Crippen molar-refractivity contribution in [3.05, 3.63) is 70.2 Å². The van der Waals surface area contributed by atoms with Gasteiger partial charge in [-0.2, -0.15) is 5.10 Å². The summed E-state index contributed by atoms with van der Waals surface area (Å²) in [7, 11) is 0. The first-order valence-electron chi connectivity index (χ1n) is 11.8. The SMILES string of the molecule is CC(=O)c1cnc(N2CCN(c3nnc(Cc4ccccc4)c4c3CCC4)C[C@H]2C)nc1C. The zero-order chi connectivity index (χ0) is 22.9. The lowest BCUT2D eigenvalue weighted by Crippen LogP contribution is -2.53. The Kier molecular flexibility index (Phi) is 5.79. The van der Waals surface area contributed by atoms with Crippen LogP contribution in [0.5, 0.6) is 0 Å². The number of rotatable bonds is 5. The van der Waals surface area contributed by atoms with E-state index in [-0.39, 0.29) is 11.8 Å². The molecule has 1 atom stereocenters. The summed E-state index contributed by atoms with van der Waals surface area (Å²) in [5.41, 5.74) is 6.51.